The fourth-order valence-electron chi connectivity index (χ4n) is 3.44. The Bertz CT molecular complexity index is 446. The molecule has 1 spiro atoms. The maximum Gasteiger partial charge on any atom is 0.161 e. The Kier molecular flexibility index (Phi) is 4.08. The first-order chi connectivity index (χ1) is 9.69. The highest BCUT2D eigenvalue weighted by molar-refractivity contribution is 6.32. The van der Waals surface area contributed by atoms with Crippen molar-refractivity contribution < 1.29 is 9.47 Å². The SMILES string of the molecule is Nc1cccc(Cl)c1OC1CCOC2(CCCCC2)C1. The van der Waals surface area contributed by atoms with E-state index < -0.39 is 0 Å². The summed E-state index contributed by atoms with van der Waals surface area (Å²) in [6, 6.07) is 5.50. The Hall–Kier alpha value is -0.930. The van der Waals surface area contributed by atoms with E-state index in [1.165, 1.54) is 19.3 Å². The quantitative estimate of drug-likeness (QED) is 0.832. The summed E-state index contributed by atoms with van der Waals surface area (Å²) in [6.07, 6.45) is 8.19. The molecular formula is C16H22ClNO2. The summed E-state index contributed by atoms with van der Waals surface area (Å²) in [4.78, 5) is 0. The van der Waals surface area contributed by atoms with Gasteiger partial charge in [-0.3, -0.25) is 0 Å². The van der Waals surface area contributed by atoms with Crippen LogP contribution in [0.4, 0.5) is 5.69 Å². The van der Waals surface area contributed by atoms with Crippen molar-refractivity contribution in [2.24, 2.45) is 0 Å². The summed E-state index contributed by atoms with van der Waals surface area (Å²) in [5.74, 6) is 0.632. The average molecular weight is 296 g/mol. The highest BCUT2D eigenvalue weighted by atomic mass is 35.5. The number of benzene rings is 1. The molecule has 1 atom stereocenters. The van der Waals surface area contributed by atoms with Crippen molar-refractivity contribution >= 4 is 17.3 Å². The van der Waals surface area contributed by atoms with Gasteiger partial charge in [0.2, 0.25) is 0 Å². The van der Waals surface area contributed by atoms with E-state index in [4.69, 9.17) is 26.8 Å². The normalized spacial score (nSPS) is 25.6. The number of nitrogen functional groups attached to an aromatic ring is 1. The van der Waals surface area contributed by atoms with Crippen LogP contribution in [0.15, 0.2) is 18.2 Å². The van der Waals surface area contributed by atoms with Gasteiger partial charge < -0.3 is 15.2 Å². The van der Waals surface area contributed by atoms with Crippen molar-refractivity contribution in [3.8, 4) is 5.75 Å². The fourth-order valence-corrected chi connectivity index (χ4v) is 3.67. The van der Waals surface area contributed by atoms with Gasteiger partial charge in [-0.2, -0.15) is 0 Å². The molecule has 20 heavy (non-hydrogen) atoms. The van der Waals surface area contributed by atoms with Crippen LogP contribution in [0.5, 0.6) is 5.75 Å². The van der Waals surface area contributed by atoms with E-state index in [0.29, 0.717) is 16.5 Å². The van der Waals surface area contributed by atoms with E-state index in [1.54, 1.807) is 0 Å². The van der Waals surface area contributed by atoms with Crippen LogP contribution in [0.2, 0.25) is 5.02 Å². The Morgan fingerprint density at radius 2 is 2.05 bits per heavy atom. The lowest BCUT2D eigenvalue weighted by molar-refractivity contribution is -0.129. The Morgan fingerprint density at radius 3 is 2.80 bits per heavy atom. The second-order valence-corrected chi connectivity index (χ2v) is 6.39. The molecule has 1 heterocycles. The maximum atomic E-state index is 6.19. The standard InChI is InChI=1S/C16H22ClNO2/c17-13-5-4-6-14(18)15(13)20-12-7-10-19-16(11-12)8-2-1-3-9-16/h4-6,12H,1-3,7-11,18H2. The molecule has 1 aliphatic carbocycles. The van der Waals surface area contributed by atoms with Gasteiger partial charge in [0.15, 0.2) is 5.75 Å². The fraction of sp³-hybridized carbons (Fsp3) is 0.625. The molecule has 2 fully saturated rings. The molecule has 2 aliphatic rings. The van der Waals surface area contributed by atoms with Gasteiger partial charge in [0.1, 0.15) is 6.10 Å². The lowest BCUT2D eigenvalue weighted by atomic mass is 9.79. The number of hydrogen-bond acceptors (Lipinski definition) is 3. The molecule has 1 unspecified atom stereocenters. The zero-order chi connectivity index (χ0) is 14.0. The maximum absolute atomic E-state index is 6.19. The minimum atomic E-state index is 0.0389. The largest absolute Gasteiger partial charge is 0.486 e. The first-order valence-corrected chi connectivity index (χ1v) is 7.91. The van der Waals surface area contributed by atoms with Crippen LogP contribution < -0.4 is 10.5 Å². The molecule has 3 rings (SSSR count). The molecule has 0 bridgehead atoms. The van der Waals surface area contributed by atoms with E-state index in [-0.39, 0.29) is 11.7 Å². The summed E-state index contributed by atoms with van der Waals surface area (Å²) in [7, 11) is 0. The number of rotatable bonds is 2. The van der Waals surface area contributed by atoms with E-state index in [0.717, 1.165) is 32.3 Å². The van der Waals surface area contributed by atoms with Gasteiger partial charge in [0.25, 0.3) is 0 Å². The molecule has 4 heteroatoms. The lowest BCUT2D eigenvalue weighted by Crippen LogP contribution is -2.45. The highest BCUT2D eigenvalue weighted by Crippen LogP contribution is 2.41. The predicted molar refractivity (Wildman–Crippen MR) is 81.3 cm³/mol. The minimum Gasteiger partial charge on any atom is -0.486 e. The van der Waals surface area contributed by atoms with E-state index >= 15 is 0 Å². The molecule has 0 radical (unpaired) electrons. The van der Waals surface area contributed by atoms with Gasteiger partial charge >= 0.3 is 0 Å². The molecule has 2 N–H and O–H groups in total. The third kappa shape index (κ3) is 2.89. The molecular weight excluding hydrogens is 274 g/mol. The summed E-state index contributed by atoms with van der Waals surface area (Å²) in [6.45, 7) is 0.773. The third-order valence-corrected chi connectivity index (χ3v) is 4.79. The number of nitrogens with two attached hydrogens (primary N) is 1. The van der Waals surface area contributed by atoms with Crippen molar-refractivity contribution in [2.75, 3.05) is 12.3 Å². The van der Waals surface area contributed by atoms with E-state index in [1.807, 2.05) is 18.2 Å². The van der Waals surface area contributed by atoms with E-state index in [2.05, 4.69) is 0 Å². The van der Waals surface area contributed by atoms with Crippen LogP contribution >= 0.6 is 11.6 Å². The molecule has 110 valence electrons. The van der Waals surface area contributed by atoms with E-state index in [9.17, 15) is 0 Å². The second-order valence-electron chi connectivity index (χ2n) is 5.98. The van der Waals surface area contributed by atoms with Gasteiger partial charge in [-0.25, -0.2) is 0 Å². The number of hydrogen-bond donors (Lipinski definition) is 1. The Morgan fingerprint density at radius 1 is 1.25 bits per heavy atom. The smallest absolute Gasteiger partial charge is 0.161 e. The number of halogens is 1. The number of para-hydroxylation sites is 1. The first-order valence-electron chi connectivity index (χ1n) is 7.53. The van der Waals surface area contributed by atoms with Gasteiger partial charge in [0, 0.05) is 12.8 Å². The molecule has 1 saturated carbocycles. The topological polar surface area (TPSA) is 44.5 Å². The van der Waals surface area contributed by atoms with Crippen LogP contribution in [0.25, 0.3) is 0 Å². The molecule has 1 saturated heterocycles. The molecule has 1 aromatic carbocycles. The second kappa shape index (κ2) is 5.82. The molecule has 0 aromatic heterocycles. The Balaban J connectivity index is 1.71. The minimum absolute atomic E-state index is 0.0389. The third-order valence-electron chi connectivity index (χ3n) is 4.49. The van der Waals surface area contributed by atoms with Gasteiger partial charge in [-0.15, -0.1) is 0 Å². The molecule has 3 nitrogen and oxygen atoms in total. The van der Waals surface area contributed by atoms with Crippen molar-refractivity contribution in [2.45, 2.75) is 56.7 Å². The van der Waals surface area contributed by atoms with Crippen LogP contribution in [0.3, 0.4) is 0 Å². The van der Waals surface area contributed by atoms with Gasteiger partial charge in [-0.1, -0.05) is 36.9 Å². The average Bonchev–Trinajstić information content (AvgIpc) is 2.44. The summed E-state index contributed by atoms with van der Waals surface area (Å²) >= 11 is 6.19. The van der Waals surface area contributed by atoms with Gasteiger partial charge in [-0.05, 0) is 25.0 Å². The Labute approximate surface area is 125 Å². The number of ether oxygens (including phenoxy) is 2. The predicted octanol–water partition coefficient (Wildman–Crippen LogP) is 4.18. The monoisotopic (exact) mass is 295 g/mol. The molecule has 1 aliphatic heterocycles. The van der Waals surface area contributed by atoms with Crippen LogP contribution in [0, 0.1) is 0 Å². The van der Waals surface area contributed by atoms with Crippen molar-refractivity contribution in [3.63, 3.8) is 0 Å². The van der Waals surface area contributed by atoms with Crippen LogP contribution in [0.1, 0.15) is 44.9 Å². The molecule has 1 aromatic rings. The highest BCUT2D eigenvalue weighted by Gasteiger charge is 2.39. The zero-order valence-electron chi connectivity index (χ0n) is 11.7. The van der Waals surface area contributed by atoms with Crippen molar-refractivity contribution in [1.82, 2.24) is 0 Å². The van der Waals surface area contributed by atoms with Crippen LogP contribution in [-0.4, -0.2) is 18.3 Å². The number of anilines is 1. The first kappa shape index (κ1) is 14.0. The molecule has 0 amide bonds. The van der Waals surface area contributed by atoms with Crippen LogP contribution in [-0.2, 0) is 4.74 Å². The summed E-state index contributed by atoms with van der Waals surface area (Å²) < 4.78 is 12.2. The lowest BCUT2D eigenvalue weighted by Gasteiger charge is -2.43. The zero-order valence-corrected chi connectivity index (χ0v) is 12.5. The van der Waals surface area contributed by atoms with Crippen molar-refractivity contribution in [1.29, 1.82) is 0 Å². The van der Waals surface area contributed by atoms with Crippen molar-refractivity contribution in [3.05, 3.63) is 23.2 Å². The summed E-state index contributed by atoms with van der Waals surface area (Å²) in [5, 5.41) is 0.592. The summed E-state index contributed by atoms with van der Waals surface area (Å²) in [5.41, 5.74) is 6.62. The van der Waals surface area contributed by atoms with Gasteiger partial charge in [0.05, 0.1) is 22.9 Å².